The summed E-state index contributed by atoms with van der Waals surface area (Å²) in [5.74, 6) is -0.156. The van der Waals surface area contributed by atoms with Gasteiger partial charge in [0.1, 0.15) is 6.61 Å². The Kier molecular flexibility index (Phi) is 4.29. The van der Waals surface area contributed by atoms with Gasteiger partial charge in [0.15, 0.2) is 0 Å². The number of amides is 2. The van der Waals surface area contributed by atoms with E-state index in [1.54, 1.807) is 0 Å². The van der Waals surface area contributed by atoms with Gasteiger partial charge < -0.3 is 10.1 Å². The number of nitrogens with one attached hydrogen (secondary N) is 1. The fourth-order valence-electron chi connectivity index (χ4n) is 1.76. The first-order valence-electron chi connectivity index (χ1n) is 5.64. The van der Waals surface area contributed by atoms with Crippen molar-refractivity contribution in [3.8, 4) is 0 Å². The highest BCUT2D eigenvalue weighted by Gasteiger charge is 2.34. The molecule has 3 unspecified atom stereocenters. The van der Waals surface area contributed by atoms with Gasteiger partial charge in [-0.05, 0) is 19.9 Å². The lowest BCUT2D eigenvalue weighted by Gasteiger charge is -2.26. The van der Waals surface area contributed by atoms with Gasteiger partial charge in [0, 0.05) is 12.0 Å². The van der Waals surface area contributed by atoms with Gasteiger partial charge in [0.05, 0.1) is 6.54 Å². The topological polar surface area (TPSA) is 58.6 Å². The van der Waals surface area contributed by atoms with E-state index in [-0.39, 0.29) is 23.8 Å². The fraction of sp³-hybridized carbons (Fsp3) is 0.818. The van der Waals surface area contributed by atoms with Gasteiger partial charge in [-0.15, -0.1) is 0 Å². The summed E-state index contributed by atoms with van der Waals surface area (Å²) in [5.41, 5.74) is 0. The third-order valence-electron chi connectivity index (χ3n) is 3.45. The van der Waals surface area contributed by atoms with Crippen LogP contribution in [0.1, 0.15) is 20.8 Å². The number of imide groups is 1. The quantitative estimate of drug-likeness (QED) is 0.775. The van der Waals surface area contributed by atoms with Gasteiger partial charge in [-0.25, -0.2) is 9.69 Å². The highest BCUT2D eigenvalue weighted by atomic mass is 16.6. The average Bonchev–Trinajstić information content (AvgIpc) is 2.71. The molecule has 0 aromatic rings. The highest BCUT2D eigenvalue weighted by molar-refractivity contribution is 5.94. The molecule has 3 atom stereocenters. The Morgan fingerprint density at radius 2 is 2.06 bits per heavy atom. The molecule has 92 valence electrons. The van der Waals surface area contributed by atoms with Crippen molar-refractivity contribution in [2.24, 2.45) is 11.8 Å². The summed E-state index contributed by atoms with van der Waals surface area (Å²) < 4.78 is 4.75. The van der Waals surface area contributed by atoms with Gasteiger partial charge in [0.2, 0.25) is 5.91 Å². The molecule has 0 aromatic carbocycles. The Bertz CT molecular complexity index is 280. The number of carbonyl (C=O) groups excluding carboxylic acids is 2. The first-order chi connectivity index (χ1) is 7.49. The molecule has 1 saturated heterocycles. The summed E-state index contributed by atoms with van der Waals surface area (Å²) in [6.07, 6.45) is -0.513. The molecule has 1 heterocycles. The van der Waals surface area contributed by atoms with E-state index in [0.29, 0.717) is 13.2 Å². The van der Waals surface area contributed by atoms with Gasteiger partial charge in [-0.1, -0.05) is 13.8 Å². The van der Waals surface area contributed by atoms with Crippen LogP contribution in [0.25, 0.3) is 0 Å². The van der Waals surface area contributed by atoms with Crippen molar-refractivity contribution in [2.45, 2.75) is 26.8 Å². The third kappa shape index (κ3) is 2.52. The van der Waals surface area contributed by atoms with Crippen LogP contribution in [-0.2, 0) is 9.53 Å². The Labute approximate surface area is 96.1 Å². The van der Waals surface area contributed by atoms with Crippen molar-refractivity contribution in [1.29, 1.82) is 0 Å². The number of rotatable bonds is 4. The summed E-state index contributed by atoms with van der Waals surface area (Å²) in [5, 5.41) is 3.12. The second kappa shape index (κ2) is 5.30. The molecule has 1 rings (SSSR count). The van der Waals surface area contributed by atoms with E-state index < -0.39 is 6.09 Å². The van der Waals surface area contributed by atoms with Gasteiger partial charge in [-0.2, -0.15) is 0 Å². The van der Waals surface area contributed by atoms with Crippen molar-refractivity contribution >= 4 is 12.0 Å². The van der Waals surface area contributed by atoms with E-state index in [0.717, 1.165) is 0 Å². The number of ether oxygens (including phenoxy) is 1. The molecule has 0 aliphatic carbocycles. The monoisotopic (exact) mass is 228 g/mol. The van der Waals surface area contributed by atoms with Crippen molar-refractivity contribution in [2.75, 3.05) is 20.2 Å². The van der Waals surface area contributed by atoms with E-state index in [1.165, 1.54) is 4.90 Å². The number of carbonyl (C=O) groups is 2. The van der Waals surface area contributed by atoms with Gasteiger partial charge >= 0.3 is 6.09 Å². The van der Waals surface area contributed by atoms with Crippen LogP contribution in [0.3, 0.4) is 0 Å². The minimum Gasteiger partial charge on any atom is -0.447 e. The van der Waals surface area contributed by atoms with Crippen LogP contribution >= 0.6 is 0 Å². The molecule has 0 bridgehead atoms. The molecular formula is C11H20N2O3. The van der Waals surface area contributed by atoms with Crippen LogP contribution in [0.15, 0.2) is 0 Å². The molecular weight excluding hydrogens is 208 g/mol. The van der Waals surface area contributed by atoms with E-state index in [4.69, 9.17) is 4.74 Å². The molecule has 0 spiro atoms. The predicted molar refractivity (Wildman–Crippen MR) is 59.9 cm³/mol. The van der Waals surface area contributed by atoms with Crippen molar-refractivity contribution in [3.63, 3.8) is 0 Å². The van der Waals surface area contributed by atoms with Crippen LogP contribution in [0.4, 0.5) is 4.79 Å². The molecule has 1 fully saturated rings. The van der Waals surface area contributed by atoms with E-state index in [1.807, 2.05) is 27.8 Å². The second-order valence-corrected chi connectivity index (χ2v) is 4.33. The minimum absolute atomic E-state index is 0.142. The Morgan fingerprint density at radius 3 is 2.50 bits per heavy atom. The molecule has 0 radical (unpaired) electrons. The second-order valence-electron chi connectivity index (χ2n) is 4.33. The standard InChI is InChI=1S/C11H20N2O3/c1-7(9(3)12-4)8(2)10(14)13-5-6-16-11(13)15/h7-9,12H,5-6H2,1-4H3. The third-order valence-corrected chi connectivity index (χ3v) is 3.45. The van der Waals surface area contributed by atoms with E-state index in [9.17, 15) is 9.59 Å². The summed E-state index contributed by atoms with van der Waals surface area (Å²) >= 11 is 0. The fourth-order valence-corrected chi connectivity index (χ4v) is 1.76. The largest absolute Gasteiger partial charge is 0.447 e. The Balaban J connectivity index is 2.62. The molecule has 1 N–H and O–H groups in total. The van der Waals surface area contributed by atoms with Crippen LogP contribution < -0.4 is 5.32 Å². The SMILES string of the molecule is CNC(C)C(C)C(C)C(=O)N1CCOC1=O. The zero-order chi connectivity index (χ0) is 12.3. The molecule has 0 saturated carbocycles. The number of hydrogen-bond acceptors (Lipinski definition) is 4. The number of nitrogens with zero attached hydrogens (tertiary/aromatic N) is 1. The number of hydrogen-bond donors (Lipinski definition) is 1. The van der Waals surface area contributed by atoms with Crippen molar-refractivity contribution in [1.82, 2.24) is 10.2 Å². The van der Waals surface area contributed by atoms with Crippen LogP contribution in [-0.4, -0.2) is 43.1 Å². The maximum Gasteiger partial charge on any atom is 0.416 e. The van der Waals surface area contributed by atoms with Crippen LogP contribution in [0, 0.1) is 11.8 Å². The van der Waals surface area contributed by atoms with E-state index >= 15 is 0 Å². The average molecular weight is 228 g/mol. The maximum atomic E-state index is 12.0. The molecule has 1 aliphatic heterocycles. The lowest BCUT2D eigenvalue weighted by atomic mass is 9.89. The number of cyclic esters (lactones) is 1. The first-order valence-corrected chi connectivity index (χ1v) is 5.64. The predicted octanol–water partition coefficient (Wildman–Crippen LogP) is 0.845. The van der Waals surface area contributed by atoms with Gasteiger partial charge in [0.25, 0.3) is 0 Å². The van der Waals surface area contributed by atoms with Crippen molar-refractivity contribution in [3.05, 3.63) is 0 Å². The molecule has 1 aliphatic rings. The minimum atomic E-state index is -0.513. The van der Waals surface area contributed by atoms with E-state index in [2.05, 4.69) is 5.32 Å². The van der Waals surface area contributed by atoms with Crippen molar-refractivity contribution < 1.29 is 14.3 Å². The first kappa shape index (κ1) is 13.0. The molecule has 16 heavy (non-hydrogen) atoms. The lowest BCUT2D eigenvalue weighted by Crippen LogP contribution is -2.42. The summed E-state index contributed by atoms with van der Waals surface area (Å²) in [6.45, 7) is 6.57. The zero-order valence-corrected chi connectivity index (χ0v) is 10.3. The molecule has 2 amide bonds. The summed E-state index contributed by atoms with van der Waals surface area (Å²) in [7, 11) is 1.86. The molecule has 0 aromatic heterocycles. The smallest absolute Gasteiger partial charge is 0.416 e. The normalized spacial score (nSPS) is 21.5. The maximum absolute atomic E-state index is 12.0. The zero-order valence-electron chi connectivity index (χ0n) is 10.3. The molecule has 5 nitrogen and oxygen atoms in total. The summed E-state index contributed by atoms with van der Waals surface area (Å²) in [4.78, 5) is 24.5. The lowest BCUT2D eigenvalue weighted by molar-refractivity contribution is -0.133. The Morgan fingerprint density at radius 1 is 1.44 bits per heavy atom. The van der Waals surface area contributed by atoms with Crippen LogP contribution in [0.2, 0.25) is 0 Å². The Hall–Kier alpha value is -1.10. The van der Waals surface area contributed by atoms with Gasteiger partial charge in [-0.3, -0.25) is 4.79 Å². The highest BCUT2D eigenvalue weighted by Crippen LogP contribution is 2.19. The molecule has 5 heteroatoms. The summed E-state index contributed by atoms with van der Waals surface area (Å²) in [6, 6.07) is 0.234. The van der Waals surface area contributed by atoms with Crippen LogP contribution in [0.5, 0.6) is 0 Å².